The molecule has 0 rings (SSSR count). The summed E-state index contributed by atoms with van der Waals surface area (Å²) in [4.78, 5) is 0. The van der Waals surface area contributed by atoms with Crippen molar-refractivity contribution in [3.63, 3.8) is 0 Å². The van der Waals surface area contributed by atoms with Crippen LogP contribution in [0.5, 0.6) is 0 Å². The molecule has 0 aliphatic carbocycles. The molecule has 9 heavy (non-hydrogen) atoms. The van der Waals surface area contributed by atoms with Gasteiger partial charge in [-0.3, -0.25) is 0 Å². The summed E-state index contributed by atoms with van der Waals surface area (Å²) < 4.78 is 0. The molecule has 0 saturated carbocycles. The molecular formula is C8H12S. The van der Waals surface area contributed by atoms with E-state index >= 15 is 0 Å². The van der Waals surface area contributed by atoms with E-state index in [2.05, 4.69) is 24.7 Å². The van der Waals surface area contributed by atoms with Gasteiger partial charge in [0.25, 0.3) is 0 Å². The molecule has 0 fully saturated rings. The minimum absolute atomic E-state index is 1.15. The highest BCUT2D eigenvalue weighted by atomic mass is 32.2. The van der Waals surface area contributed by atoms with Crippen molar-refractivity contribution in [3.05, 3.63) is 12.7 Å². The van der Waals surface area contributed by atoms with Crippen LogP contribution in [0.25, 0.3) is 0 Å². The zero-order valence-electron chi connectivity index (χ0n) is 5.81. The predicted molar refractivity (Wildman–Crippen MR) is 45.3 cm³/mol. The maximum atomic E-state index is 3.49. The quantitative estimate of drug-likeness (QED) is 0.429. The largest absolute Gasteiger partial charge is 0.0906 e. The molecule has 0 aromatic carbocycles. The summed E-state index contributed by atoms with van der Waals surface area (Å²) in [6, 6.07) is 0. The molecule has 0 aliphatic heterocycles. The lowest BCUT2D eigenvalue weighted by atomic mass is 10.4. The first-order valence-electron chi connectivity index (χ1n) is 3.15. The van der Waals surface area contributed by atoms with Gasteiger partial charge < -0.3 is 0 Å². The molecule has 0 heterocycles. The highest BCUT2D eigenvalue weighted by Crippen LogP contribution is 2.00. The molecule has 0 aromatic rings. The van der Waals surface area contributed by atoms with Crippen molar-refractivity contribution < 1.29 is 0 Å². The van der Waals surface area contributed by atoms with Crippen molar-refractivity contribution in [1.82, 2.24) is 0 Å². The normalized spacial score (nSPS) is 7.67. The maximum absolute atomic E-state index is 3.49. The summed E-state index contributed by atoms with van der Waals surface area (Å²) in [5, 5.41) is 2.92. The molecule has 0 aliphatic rings. The molecule has 0 saturated heterocycles. The van der Waals surface area contributed by atoms with Gasteiger partial charge in [-0.05, 0) is 17.7 Å². The monoisotopic (exact) mass is 140 g/mol. The molecule has 0 radical (unpaired) electrons. The Morgan fingerprint density at radius 1 is 1.67 bits per heavy atom. The second-order valence-corrected chi connectivity index (χ2v) is 2.55. The van der Waals surface area contributed by atoms with E-state index in [1.807, 2.05) is 0 Å². The Morgan fingerprint density at radius 3 is 3.00 bits per heavy atom. The minimum Gasteiger partial charge on any atom is -0.0906 e. The Bertz CT molecular complexity index is 116. The van der Waals surface area contributed by atoms with Gasteiger partial charge >= 0.3 is 0 Å². The summed E-state index contributed by atoms with van der Waals surface area (Å²) in [7, 11) is 0. The first-order chi connectivity index (χ1) is 4.41. The van der Waals surface area contributed by atoms with E-state index in [1.54, 1.807) is 17.8 Å². The summed E-state index contributed by atoms with van der Waals surface area (Å²) in [5.74, 6) is 3.93. The lowest BCUT2D eigenvalue weighted by Gasteiger charge is -1.86. The molecule has 0 N–H and O–H groups in total. The molecule has 0 aromatic heterocycles. The molecule has 0 amide bonds. The van der Waals surface area contributed by atoms with Crippen LogP contribution in [0.1, 0.15) is 19.8 Å². The van der Waals surface area contributed by atoms with Crippen molar-refractivity contribution in [2.75, 3.05) is 5.75 Å². The van der Waals surface area contributed by atoms with E-state index in [0.717, 1.165) is 5.75 Å². The number of unbranched alkanes of at least 4 members (excludes halogenated alkanes) is 1. The standard InChI is InChI=1S/C8H12S/c1-3-5-7-9-8-6-4-2/h3H,1,4,6,8H2,2H3. The van der Waals surface area contributed by atoms with E-state index in [9.17, 15) is 0 Å². The molecule has 0 bridgehead atoms. The number of thioether (sulfide) groups is 1. The van der Waals surface area contributed by atoms with Crippen LogP contribution in [-0.2, 0) is 0 Å². The lowest BCUT2D eigenvalue weighted by molar-refractivity contribution is 0.898. The smallest absolute Gasteiger partial charge is 0.00567 e. The van der Waals surface area contributed by atoms with Gasteiger partial charge in [-0.25, -0.2) is 0 Å². The second-order valence-electron chi connectivity index (χ2n) is 1.65. The molecule has 0 nitrogen and oxygen atoms in total. The predicted octanol–water partition coefficient (Wildman–Crippen LogP) is 2.67. The first kappa shape index (κ1) is 8.65. The zero-order valence-corrected chi connectivity index (χ0v) is 6.63. The third kappa shape index (κ3) is 7.65. The van der Waals surface area contributed by atoms with E-state index < -0.39 is 0 Å². The highest BCUT2D eigenvalue weighted by Gasteiger charge is 1.79. The summed E-state index contributed by atoms with van der Waals surface area (Å²) >= 11 is 1.67. The van der Waals surface area contributed by atoms with Gasteiger partial charge in [-0.2, -0.15) is 0 Å². The molecule has 50 valence electrons. The van der Waals surface area contributed by atoms with Crippen LogP contribution in [0.2, 0.25) is 0 Å². The van der Waals surface area contributed by atoms with Crippen LogP contribution in [0.4, 0.5) is 0 Å². The average molecular weight is 140 g/mol. The van der Waals surface area contributed by atoms with E-state index in [-0.39, 0.29) is 0 Å². The first-order valence-corrected chi connectivity index (χ1v) is 4.13. The van der Waals surface area contributed by atoms with E-state index in [0.29, 0.717) is 0 Å². The summed E-state index contributed by atoms with van der Waals surface area (Å²) in [6.45, 7) is 5.67. The molecular weight excluding hydrogens is 128 g/mol. The van der Waals surface area contributed by atoms with Crippen molar-refractivity contribution in [2.45, 2.75) is 19.8 Å². The van der Waals surface area contributed by atoms with Crippen molar-refractivity contribution >= 4 is 11.8 Å². The van der Waals surface area contributed by atoms with Crippen LogP contribution in [0.3, 0.4) is 0 Å². The fraction of sp³-hybridized carbons (Fsp3) is 0.500. The van der Waals surface area contributed by atoms with Crippen LogP contribution in [0.15, 0.2) is 12.7 Å². The molecule has 0 spiro atoms. The van der Waals surface area contributed by atoms with Gasteiger partial charge in [-0.1, -0.05) is 37.6 Å². The Kier molecular flexibility index (Phi) is 7.35. The Labute approximate surface area is 61.7 Å². The summed E-state index contributed by atoms with van der Waals surface area (Å²) in [6.07, 6.45) is 4.14. The number of allylic oxidation sites excluding steroid dienone is 1. The third-order valence-corrected chi connectivity index (χ3v) is 1.59. The molecule has 1 heteroatoms. The van der Waals surface area contributed by atoms with Gasteiger partial charge in [-0.15, -0.1) is 0 Å². The van der Waals surface area contributed by atoms with Crippen LogP contribution in [0, 0.1) is 11.2 Å². The van der Waals surface area contributed by atoms with Crippen LogP contribution < -0.4 is 0 Å². The van der Waals surface area contributed by atoms with Gasteiger partial charge in [0.15, 0.2) is 0 Å². The van der Waals surface area contributed by atoms with Gasteiger partial charge in [0.2, 0.25) is 0 Å². The fourth-order valence-electron chi connectivity index (χ4n) is 0.351. The van der Waals surface area contributed by atoms with Gasteiger partial charge in [0.05, 0.1) is 0 Å². The SMILES string of the molecule is C=CC#CSCCCC. The van der Waals surface area contributed by atoms with Gasteiger partial charge in [0, 0.05) is 5.75 Å². The van der Waals surface area contributed by atoms with Crippen molar-refractivity contribution in [1.29, 1.82) is 0 Å². The topological polar surface area (TPSA) is 0 Å². The Balaban J connectivity index is 2.99. The van der Waals surface area contributed by atoms with Crippen molar-refractivity contribution in [3.8, 4) is 11.2 Å². The summed E-state index contributed by atoms with van der Waals surface area (Å²) in [5.41, 5.74) is 0. The number of hydrogen-bond donors (Lipinski definition) is 0. The van der Waals surface area contributed by atoms with Crippen LogP contribution in [-0.4, -0.2) is 5.75 Å². The van der Waals surface area contributed by atoms with E-state index in [4.69, 9.17) is 0 Å². The minimum atomic E-state index is 1.15. The Hall–Kier alpha value is -0.350. The fourth-order valence-corrected chi connectivity index (χ4v) is 1.05. The maximum Gasteiger partial charge on any atom is 0.00567 e. The second kappa shape index (κ2) is 7.65. The van der Waals surface area contributed by atoms with Crippen molar-refractivity contribution in [2.24, 2.45) is 0 Å². The van der Waals surface area contributed by atoms with E-state index in [1.165, 1.54) is 12.8 Å². The Morgan fingerprint density at radius 2 is 2.44 bits per heavy atom. The molecule has 0 atom stereocenters. The highest BCUT2D eigenvalue weighted by molar-refractivity contribution is 8.03. The van der Waals surface area contributed by atoms with Gasteiger partial charge in [0.1, 0.15) is 0 Å². The van der Waals surface area contributed by atoms with Crippen LogP contribution >= 0.6 is 11.8 Å². The number of hydrogen-bond acceptors (Lipinski definition) is 1. The lowest BCUT2D eigenvalue weighted by Crippen LogP contribution is -1.71. The third-order valence-electron chi connectivity index (χ3n) is 0.833. The average Bonchev–Trinajstić information content (AvgIpc) is 1.89. The molecule has 0 unspecified atom stereocenters. The zero-order chi connectivity index (χ0) is 6.95. The number of rotatable bonds is 3.